The fraction of sp³-hybridized carbons (Fsp3) is 0.545. The van der Waals surface area contributed by atoms with Crippen molar-refractivity contribution in [2.75, 3.05) is 59.0 Å². The van der Waals surface area contributed by atoms with Crippen molar-refractivity contribution >= 4 is 35.6 Å². The van der Waals surface area contributed by atoms with Crippen LogP contribution in [0.1, 0.15) is 17.0 Å². The van der Waals surface area contributed by atoms with Gasteiger partial charge in [-0.2, -0.15) is 5.10 Å². The van der Waals surface area contributed by atoms with Gasteiger partial charge in [0, 0.05) is 63.8 Å². The smallest absolute Gasteiger partial charge is 0.194 e. The molecule has 0 saturated carbocycles. The first-order chi connectivity index (χ1) is 14.6. The average Bonchev–Trinajstić information content (AvgIpc) is 3.06. The Bertz CT molecular complexity index is 844. The van der Waals surface area contributed by atoms with Crippen molar-refractivity contribution in [3.63, 3.8) is 0 Å². The Morgan fingerprint density at radius 3 is 2.35 bits per heavy atom. The Hall–Kier alpha value is -2.01. The summed E-state index contributed by atoms with van der Waals surface area (Å²) in [5.74, 6) is 1.82. The first-order valence-corrected chi connectivity index (χ1v) is 10.4. The van der Waals surface area contributed by atoms with Crippen LogP contribution < -0.4 is 15.0 Å². The van der Waals surface area contributed by atoms with Crippen molar-refractivity contribution in [1.82, 2.24) is 20.0 Å². The molecule has 1 N–H and O–H groups in total. The van der Waals surface area contributed by atoms with E-state index in [-0.39, 0.29) is 24.0 Å². The summed E-state index contributed by atoms with van der Waals surface area (Å²) in [5.41, 5.74) is 4.69. The number of benzene rings is 1. The Morgan fingerprint density at radius 2 is 1.77 bits per heavy atom. The van der Waals surface area contributed by atoms with Crippen LogP contribution in [0.3, 0.4) is 0 Å². The minimum Gasteiger partial charge on any atom is -0.497 e. The molecule has 31 heavy (non-hydrogen) atoms. The lowest BCUT2D eigenvalue weighted by molar-refractivity contribution is 0.182. The molecule has 2 heterocycles. The van der Waals surface area contributed by atoms with Gasteiger partial charge in [0.05, 0.1) is 26.0 Å². The number of guanidine groups is 1. The van der Waals surface area contributed by atoms with Crippen molar-refractivity contribution < 1.29 is 9.47 Å². The number of nitrogens with zero attached hydrogens (tertiary/aromatic N) is 5. The van der Waals surface area contributed by atoms with Crippen LogP contribution in [0.5, 0.6) is 5.75 Å². The van der Waals surface area contributed by atoms with Crippen LogP contribution in [0.15, 0.2) is 29.3 Å². The summed E-state index contributed by atoms with van der Waals surface area (Å²) in [4.78, 5) is 9.23. The van der Waals surface area contributed by atoms with E-state index in [1.807, 2.05) is 23.9 Å². The molecule has 8 nitrogen and oxygen atoms in total. The topological polar surface area (TPSA) is 67.2 Å². The predicted octanol–water partition coefficient (Wildman–Crippen LogP) is 2.67. The van der Waals surface area contributed by atoms with E-state index < -0.39 is 0 Å². The van der Waals surface area contributed by atoms with Crippen LogP contribution in [0.2, 0.25) is 0 Å². The first-order valence-electron chi connectivity index (χ1n) is 10.4. The molecular formula is C22H35IN6O2. The van der Waals surface area contributed by atoms with Crippen LogP contribution >= 0.6 is 24.0 Å². The Labute approximate surface area is 202 Å². The van der Waals surface area contributed by atoms with Crippen molar-refractivity contribution in [3.05, 3.63) is 41.2 Å². The third kappa shape index (κ3) is 6.25. The van der Waals surface area contributed by atoms with Crippen molar-refractivity contribution in [3.8, 4) is 5.75 Å². The second-order valence-corrected chi connectivity index (χ2v) is 7.44. The van der Waals surface area contributed by atoms with Crippen LogP contribution in [0.25, 0.3) is 0 Å². The van der Waals surface area contributed by atoms with Gasteiger partial charge in [0.1, 0.15) is 5.75 Å². The molecule has 1 saturated heterocycles. The number of anilines is 1. The van der Waals surface area contributed by atoms with Gasteiger partial charge in [0.25, 0.3) is 0 Å². The van der Waals surface area contributed by atoms with Crippen molar-refractivity contribution in [2.45, 2.75) is 26.9 Å². The first kappa shape index (κ1) is 25.3. The summed E-state index contributed by atoms with van der Waals surface area (Å²) in [5, 5.41) is 8.18. The Kier molecular flexibility index (Phi) is 9.89. The van der Waals surface area contributed by atoms with E-state index in [1.54, 1.807) is 14.2 Å². The minimum absolute atomic E-state index is 0. The minimum atomic E-state index is 0. The number of aromatic nitrogens is 2. The molecule has 0 aliphatic carbocycles. The summed E-state index contributed by atoms with van der Waals surface area (Å²) in [7, 11) is 5.26. The molecule has 0 spiro atoms. The van der Waals surface area contributed by atoms with Crippen LogP contribution in [-0.4, -0.2) is 74.7 Å². The number of hydrogen-bond donors (Lipinski definition) is 1. The van der Waals surface area contributed by atoms with Gasteiger partial charge in [0.2, 0.25) is 0 Å². The van der Waals surface area contributed by atoms with Gasteiger partial charge in [-0.15, -0.1) is 24.0 Å². The van der Waals surface area contributed by atoms with E-state index in [0.717, 1.165) is 56.7 Å². The molecule has 9 heteroatoms. The molecule has 0 bridgehead atoms. The largest absolute Gasteiger partial charge is 0.497 e. The van der Waals surface area contributed by atoms with E-state index in [1.165, 1.54) is 16.9 Å². The summed E-state index contributed by atoms with van der Waals surface area (Å²) in [6.45, 7) is 10.1. The lowest BCUT2D eigenvalue weighted by Crippen LogP contribution is -2.52. The number of hydrogen-bond acceptors (Lipinski definition) is 5. The molecule has 0 amide bonds. The number of aliphatic imine (C=N–C) groups is 1. The lowest BCUT2D eigenvalue weighted by Gasteiger charge is -2.37. The predicted molar refractivity (Wildman–Crippen MR) is 136 cm³/mol. The quantitative estimate of drug-likeness (QED) is 0.330. The summed E-state index contributed by atoms with van der Waals surface area (Å²) in [6.07, 6.45) is 0. The van der Waals surface area contributed by atoms with Crippen LogP contribution in [-0.2, 0) is 17.8 Å². The normalized spacial score (nSPS) is 14.4. The van der Waals surface area contributed by atoms with E-state index >= 15 is 0 Å². The number of rotatable bonds is 7. The zero-order valence-electron chi connectivity index (χ0n) is 19.2. The molecule has 0 radical (unpaired) electrons. The number of ether oxygens (including phenoxy) is 2. The SMILES string of the molecule is CN=C(NCc1c(C)nn(CCOC)c1C)N1CCN(c2ccc(OC)cc2)CC1.I. The average molecular weight is 542 g/mol. The molecule has 2 aromatic rings. The maximum atomic E-state index is 5.26. The molecule has 1 fully saturated rings. The van der Waals surface area contributed by atoms with E-state index in [2.05, 4.69) is 51.2 Å². The highest BCUT2D eigenvalue weighted by Crippen LogP contribution is 2.20. The number of halogens is 1. The molecule has 0 unspecified atom stereocenters. The zero-order chi connectivity index (χ0) is 21.5. The van der Waals surface area contributed by atoms with Gasteiger partial charge in [-0.05, 0) is 38.1 Å². The number of aryl methyl sites for hydroxylation is 1. The van der Waals surface area contributed by atoms with Gasteiger partial charge >= 0.3 is 0 Å². The maximum Gasteiger partial charge on any atom is 0.194 e. The van der Waals surface area contributed by atoms with Gasteiger partial charge in [-0.1, -0.05) is 0 Å². The third-order valence-corrected chi connectivity index (χ3v) is 5.69. The second-order valence-electron chi connectivity index (χ2n) is 7.44. The van der Waals surface area contributed by atoms with Crippen molar-refractivity contribution in [2.24, 2.45) is 4.99 Å². The third-order valence-electron chi connectivity index (χ3n) is 5.69. The molecule has 1 aromatic heterocycles. The fourth-order valence-electron chi connectivity index (χ4n) is 3.85. The molecule has 0 atom stereocenters. The summed E-state index contributed by atoms with van der Waals surface area (Å²) in [6, 6.07) is 8.27. The van der Waals surface area contributed by atoms with E-state index in [4.69, 9.17) is 9.47 Å². The number of nitrogens with one attached hydrogen (secondary N) is 1. The Balaban J connectivity index is 0.00000341. The fourth-order valence-corrected chi connectivity index (χ4v) is 3.85. The molecule has 1 aliphatic heterocycles. The lowest BCUT2D eigenvalue weighted by atomic mass is 10.2. The molecule has 1 aliphatic rings. The van der Waals surface area contributed by atoms with Crippen LogP contribution in [0, 0.1) is 13.8 Å². The zero-order valence-corrected chi connectivity index (χ0v) is 21.6. The van der Waals surface area contributed by atoms with Gasteiger partial charge < -0.3 is 24.6 Å². The molecule has 1 aromatic carbocycles. The van der Waals surface area contributed by atoms with Gasteiger partial charge in [0.15, 0.2) is 5.96 Å². The summed E-state index contributed by atoms with van der Waals surface area (Å²) >= 11 is 0. The van der Waals surface area contributed by atoms with Gasteiger partial charge in [-0.25, -0.2) is 0 Å². The highest BCUT2D eigenvalue weighted by Gasteiger charge is 2.20. The highest BCUT2D eigenvalue weighted by atomic mass is 127. The van der Waals surface area contributed by atoms with Gasteiger partial charge in [-0.3, -0.25) is 9.67 Å². The van der Waals surface area contributed by atoms with Crippen LogP contribution in [0.4, 0.5) is 5.69 Å². The number of methoxy groups -OCH3 is 2. The second kappa shape index (κ2) is 12.1. The van der Waals surface area contributed by atoms with E-state index in [9.17, 15) is 0 Å². The van der Waals surface area contributed by atoms with Crippen molar-refractivity contribution in [1.29, 1.82) is 0 Å². The standard InChI is InChI=1S/C22H34N6O2.HI/c1-17-21(18(2)28(25-17)14-15-29-4)16-24-22(23-3)27-12-10-26(11-13-27)19-6-8-20(30-5)9-7-19;/h6-9H,10-16H2,1-5H3,(H,23,24);1H. The maximum absolute atomic E-state index is 5.26. The molecule has 3 rings (SSSR count). The monoisotopic (exact) mass is 542 g/mol. The molecular weight excluding hydrogens is 507 g/mol. The number of piperazine rings is 1. The Morgan fingerprint density at radius 1 is 1.10 bits per heavy atom. The molecule has 172 valence electrons. The van der Waals surface area contributed by atoms with E-state index in [0.29, 0.717) is 6.61 Å². The summed E-state index contributed by atoms with van der Waals surface area (Å²) < 4.78 is 12.5. The highest BCUT2D eigenvalue weighted by molar-refractivity contribution is 14.0.